The Morgan fingerprint density at radius 2 is 1.96 bits per heavy atom. The Bertz CT molecular complexity index is 486. The van der Waals surface area contributed by atoms with Crippen LogP contribution in [0.5, 0.6) is 0 Å². The predicted molar refractivity (Wildman–Crippen MR) is 96.0 cm³/mol. The molecule has 0 aromatic heterocycles. The quantitative estimate of drug-likeness (QED) is 0.324. The van der Waals surface area contributed by atoms with Gasteiger partial charge in [-0.05, 0) is 48.7 Å². The molecule has 0 radical (unpaired) electrons. The minimum absolute atomic E-state index is 0.186. The molecular weight excluding hydrogens is 320 g/mol. The standard InChI is InChI=1S/C20H32O5/c1-15-5-6-18(16(2)11-24-13-22-3)19(15)10-20(12-25-14-23-4)8-7-17(21)9-20/h7-8,15,18-19H,2,5-6,9-14H2,1,3-4H3/t15-,18+,19-,20+/m1/s1. The number of allylic oxidation sites excluding steroid dienone is 1. The molecule has 0 unspecified atom stereocenters. The molecule has 0 aliphatic heterocycles. The number of carbonyl (C=O) groups excluding carboxylic acids is 1. The van der Waals surface area contributed by atoms with Crippen molar-refractivity contribution < 1.29 is 23.7 Å². The molecule has 142 valence electrons. The van der Waals surface area contributed by atoms with Gasteiger partial charge in [0.15, 0.2) is 5.78 Å². The number of ketones is 1. The van der Waals surface area contributed by atoms with Crippen molar-refractivity contribution in [2.75, 3.05) is 41.0 Å². The minimum atomic E-state index is -0.217. The van der Waals surface area contributed by atoms with Crippen molar-refractivity contribution in [2.45, 2.75) is 32.6 Å². The molecule has 1 saturated carbocycles. The fourth-order valence-corrected chi connectivity index (χ4v) is 4.31. The summed E-state index contributed by atoms with van der Waals surface area (Å²) in [5.41, 5.74) is 0.915. The second-order valence-electron chi connectivity index (χ2n) is 7.54. The van der Waals surface area contributed by atoms with Crippen molar-refractivity contribution in [3.8, 4) is 0 Å². The second kappa shape index (κ2) is 9.62. The van der Waals surface area contributed by atoms with Gasteiger partial charge in [0.05, 0.1) is 13.2 Å². The fourth-order valence-electron chi connectivity index (χ4n) is 4.31. The highest BCUT2D eigenvalue weighted by Crippen LogP contribution is 2.49. The van der Waals surface area contributed by atoms with E-state index in [0.717, 1.165) is 18.4 Å². The largest absolute Gasteiger partial charge is 0.359 e. The molecule has 0 bridgehead atoms. The molecule has 0 saturated heterocycles. The molecule has 0 aromatic rings. The molecule has 25 heavy (non-hydrogen) atoms. The van der Waals surface area contributed by atoms with Crippen LogP contribution in [0.3, 0.4) is 0 Å². The Hall–Kier alpha value is -1.01. The first-order valence-corrected chi connectivity index (χ1v) is 9.04. The summed E-state index contributed by atoms with van der Waals surface area (Å²) in [4.78, 5) is 11.9. The van der Waals surface area contributed by atoms with Crippen LogP contribution in [0.2, 0.25) is 0 Å². The molecule has 1 fully saturated rings. The summed E-state index contributed by atoms with van der Waals surface area (Å²) in [6, 6.07) is 0. The van der Waals surface area contributed by atoms with E-state index in [1.165, 1.54) is 6.42 Å². The molecule has 2 rings (SSSR count). The lowest BCUT2D eigenvalue weighted by atomic mass is 9.72. The summed E-state index contributed by atoms with van der Waals surface area (Å²) in [7, 11) is 3.23. The first kappa shape index (κ1) is 20.3. The summed E-state index contributed by atoms with van der Waals surface area (Å²) in [6.07, 6.45) is 7.55. The van der Waals surface area contributed by atoms with Crippen LogP contribution in [0.1, 0.15) is 32.6 Å². The third-order valence-electron chi connectivity index (χ3n) is 5.58. The zero-order valence-electron chi connectivity index (χ0n) is 15.8. The van der Waals surface area contributed by atoms with Gasteiger partial charge in [0.25, 0.3) is 0 Å². The molecule has 0 N–H and O–H groups in total. The third kappa shape index (κ3) is 5.48. The van der Waals surface area contributed by atoms with Crippen LogP contribution in [0.25, 0.3) is 0 Å². The highest BCUT2D eigenvalue weighted by atomic mass is 16.7. The average Bonchev–Trinajstić information content (AvgIpc) is 3.12. The van der Waals surface area contributed by atoms with E-state index >= 15 is 0 Å². The number of carbonyl (C=O) groups is 1. The van der Waals surface area contributed by atoms with Crippen LogP contribution < -0.4 is 0 Å². The van der Waals surface area contributed by atoms with E-state index in [0.29, 0.717) is 37.4 Å². The molecule has 2 aliphatic rings. The van der Waals surface area contributed by atoms with E-state index in [9.17, 15) is 4.79 Å². The van der Waals surface area contributed by atoms with Crippen LogP contribution >= 0.6 is 0 Å². The summed E-state index contributed by atoms with van der Waals surface area (Å²) in [6.45, 7) is 8.16. The van der Waals surface area contributed by atoms with Crippen molar-refractivity contribution in [2.24, 2.45) is 23.2 Å². The summed E-state index contributed by atoms with van der Waals surface area (Å²) in [5.74, 6) is 1.70. The Balaban J connectivity index is 2.03. The van der Waals surface area contributed by atoms with Crippen LogP contribution in [0.15, 0.2) is 24.3 Å². The number of methoxy groups -OCH3 is 2. The maximum absolute atomic E-state index is 11.9. The second-order valence-corrected chi connectivity index (χ2v) is 7.54. The van der Waals surface area contributed by atoms with Crippen LogP contribution in [-0.4, -0.2) is 46.8 Å². The molecular formula is C20H32O5. The smallest absolute Gasteiger partial charge is 0.156 e. The highest BCUT2D eigenvalue weighted by molar-refractivity contribution is 5.93. The van der Waals surface area contributed by atoms with Crippen molar-refractivity contribution in [3.63, 3.8) is 0 Å². The fraction of sp³-hybridized carbons (Fsp3) is 0.750. The zero-order chi connectivity index (χ0) is 18.3. The molecule has 0 amide bonds. The maximum Gasteiger partial charge on any atom is 0.156 e. The lowest BCUT2D eigenvalue weighted by molar-refractivity contribution is -0.117. The Morgan fingerprint density at radius 1 is 1.24 bits per heavy atom. The van der Waals surface area contributed by atoms with E-state index in [-0.39, 0.29) is 24.8 Å². The predicted octanol–water partition coefficient (Wildman–Crippen LogP) is 3.35. The Kier molecular flexibility index (Phi) is 7.81. The van der Waals surface area contributed by atoms with Gasteiger partial charge < -0.3 is 18.9 Å². The van der Waals surface area contributed by atoms with Crippen LogP contribution in [0.4, 0.5) is 0 Å². The molecule has 5 nitrogen and oxygen atoms in total. The Morgan fingerprint density at radius 3 is 2.60 bits per heavy atom. The maximum atomic E-state index is 11.9. The summed E-state index contributed by atoms with van der Waals surface area (Å²) < 4.78 is 21.1. The van der Waals surface area contributed by atoms with Crippen molar-refractivity contribution in [3.05, 3.63) is 24.3 Å². The molecule has 0 heterocycles. The lowest BCUT2D eigenvalue weighted by Gasteiger charge is -2.34. The minimum Gasteiger partial charge on any atom is -0.359 e. The number of hydrogen-bond donors (Lipinski definition) is 0. The van der Waals surface area contributed by atoms with Gasteiger partial charge in [-0.15, -0.1) is 0 Å². The third-order valence-corrected chi connectivity index (χ3v) is 5.58. The zero-order valence-corrected chi connectivity index (χ0v) is 15.8. The lowest BCUT2D eigenvalue weighted by Crippen LogP contribution is -2.31. The SMILES string of the molecule is C=C(COCOC)[C@@H]1CC[C@@H](C)[C@H]1C[C@]1(COCOC)C=CC(=O)C1. The van der Waals surface area contributed by atoms with Crippen LogP contribution in [-0.2, 0) is 23.7 Å². The van der Waals surface area contributed by atoms with E-state index < -0.39 is 0 Å². The van der Waals surface area contributed by atoms with E-state index in [1.54, 1.807) is 20.3 Å². The number of hydrogen-bond acceptors (Lipinski definition) is 5. The van der Waals surface area contributed by atoms with Gasteiger partial charge in [0, 0.05) is 26.1 Å². The normalized spacial score (nSPS) is 31.8. The van der Waals surface area contributed by atoms with E-state index in [1.807, 2.05) is 0 Å². The molecule has 0 aromatic carbocycles. The first-order chi connectivity index (χ1) is 12.0. The number of ether oxygens (including phenoxy) is 4. The molecule has 4 atom stereocenters. The van der Waals surface area contributed by atoms with Gasteiger partial charge in [-0.3, -0.25) is 4.79 Å². The highest BCUT2D eigenvalue weighted by Gasteiger charge is 2.43. The Labute approximate surface area is 151 Å². The molecule has 5 heteroatoms. The average molecular weight is 352 g/mol. The van der Waals surface area contributed by atoms with Gasteiger partial charge in [-0.25, -0.2) is 0 Å². The monoisotopic (exact) mass is 352 g/mol. The van der Waals surface area contributed by atoms with Gasteiger partial charge in [-0.2, -0.15) is 0 Å². The number of rotatable bonds is 11. The molecule has 2 aliphatic carbocycles. The van der Waals surface area contributed by atoms with Gasteiger partial charge >= 0.3 is 0 Å². The topological polar surface area (TPSA) is 54.0 Å². The van der Waals surface area contributed by atoms with E-state index in [4.69, 9.17) is 18.9 Å². The van der Waals surface area contributed by atoms with Gasteiger partial charge in [0.2, 0.25) is 0 Å². The van der Waals surface area contributed by atoms with Gasteiger partial charge in [0.1, 0.15) is 13.6 Å². The first-order valence-electron chi connectivity index (χ1n) is 9.04. The summed E-state index contributed by atoms with van der Waals surface area (Å²) in [5, 5.41) is 0. The van der Waals surface area contributed by atoms with Crippen molar-refractivity contribution >= 4 is 5.78 Å². The van der Waals surface area contributed by atoms with Crippen molar-refractivity contribution in [1.29, 1.82) is 0 Å². The van der Waals surface area contributed by atoms with E-state index in [2.05, 4.69) is 19.6 Å². The van der Waals surface area contributed by atoms with Gasteiger partial charge in [-0.1, -0.05) is 19.6 Å². The summed E-state index contributed by atoms with van der Waals surface area (Å²) >= 11 is 0. The van der Waals surface area contributed by atoms with Crippen molar-refractivity contribution in [1.82, 2.24) is 0 Å². The molecule has 0 spiro atoms. The van der Waals surface area contributed by atoms with Crippen LogP contribution in [0, 0.1) is 23.2 Å².